The van der Waals surface area contributed by atoms with Gasteiger partial charge in [0, 0.05) is 38.0 Å². The number of halogens is 4. The lowest BCUT2D eigenvalue weighted by atomic mass is 9.91. The molecule has 8 nitrogen and oxygen atoms in total. The fraction of sp³-hybridized carbons (Fsp3) is 0.391. The van der Waals surface area contributed by atoms with E-state index in [1.165, 1.54) is 22.2 Å². The second-order valence-corrected chi connectivity index (χ2v) is 10.0. The minimum atomic E-state index is -4.52. The molecule has 0 bridgehead atoms. The van der Waals surface area contributed by atoms with E-state index in [-0.39, 0.29) is 34.9 Å². The number of aromatic amines is 1. The molecule has 0 amide bonds. The summed E-state index contributed by atoms with van der Waals surface area (Å²) in [6, 6.07) is 6.74. The lowest BCUT2D eigenvalue weighted by Crippen LogP contribution is -2.60. The van der Waals surface area contributed by atoms with Gasteiger partial charge in [-0.1, -0.05) is 7.43 Å². The molecule has 0 radical (unpaired) electrons. The van der Waals surface area contributed by atoms with Crippen molar-refractivity contribution < 1.29 is 20.4 Å². The monoisotopic (exact) mass is 524 g/mol. The number of fused-ring (bicyclic) bond motifs is 1. The zero-order valence-corrected chi connectivity index (χ0v) is 19.3. The molecule has 194 valence electrons. The van der Waals surface area contributed by atoms with Gasteiger partial charge in [0.2, 0.25) is 0 Å². The number of alkyl halides is 4. The van der Waals surface area contributed by atoms with Gasteiger partial charge in [0.1, 0.15) is 23.0 Å². The number of hydrogen-bond acceptors (Lipinski definition) is 7. The molecule has 1 aliphatic heterocycles. The molecule has 0 spiro atoms. The molecule has 0 atom stereocenters. The van der Waals surface area contributed by atoms with Crippen LogP contribution in [0.25, 0.3) is 5.65 Å². The summed E-state index contributed by atoms with van der Waals surface area (Å²) in [5, 5.41) is 10.5. The van der Waals surface area contributed by atoms with Crippen LogP contribution in [0.2, 0.25) is 0 Å². The van der Waals surface area contributed by atoms with Gasteiger partial charge in [-0.25, -0.2) is 19.3 Å². The molecule has 0 aromatic carbocycles. The van der Waals surface area contributed by atoms with E-state index in [0.29, 0.717) is 27.5 Å². The Bertz CT molecular complexity index is 1420. The summed E-state index contributed by atoms with van der Waals surface area (Å²) in [6.07, 6.45) is -0.181. The molecule has 4 aromatic heterocycles. The largest absolute Gasteiger partial charge is 0.434 e. The van der Waals surface area contributed by atoms with Crippen LogP contribution in [0.15, 0.2) is 46.7 Å². The Morgan fingerprint density at radius 3 is 2.56 bits per heavy atom. The number of aromatic nitrogens is 6. The third-order valence-electron chi connectivity index (χ3n) is 6.12. The highest BCUT2D eigenvalue weighted by Crippen LogP contribution is 2.48. The van der Waals surface area contributed by atoms with E-state index in [1.54, 1.807) is 18.3 Å². The first kappa shape index (κ1) is 24.3. The van der Waals surface area contributed by atoms with Gasteiger partial charge >= 0.3 is 6.18 Å². The third-order valence-corrected chi connectivity index (χ3v) is 6.96. The number of hydrogen-bond donors (Lipinski definition) is 2. The molecule has 1 saturated heterocycles. The van der Waals surface area contributed by atoms with E-state index in [9.17, 15) is 17.6 Å². The van der Waals surface area contributed by atoms with Crippen molar-refractivity contribution in [3.05, 3.63) is 48.0 Å². The minimum Gasteiger partial charge on any atom is -0.350 e. The second-order valence-electron chi connectivity index (χ2n) is 8.98. The van der Waals surface area contributed by atoms with Crippen LogP contribution in [0.4, 0.5) is 35.0 Å². The molecule has 1 saturated carbocycles. The smallest absolute Gasteiger partial charge is 0.350 e. The summed E-state index contributed by atoms with van der Waals surface area (Å²) in [5.41, 5.74) is -1.07. The minimum absolute atomic E-state index is 0. The molecular weight excluding hydrogens is 496 g/mol. The summed E-state index contributed by atoms with van der Waals surface area (Å²) in [4.78, 5) is 15.3. The molecule has 2 aliphatic rings. The summed E-state index contributed by atoms with van der Waals surface area (Å²) < 4.78 is 55.3. The zero-order valence-electron chi connectivity index (χ0n) is 18.5. The van der Waals surface area contributed by atoms with Gasteiger partial charge in [-0.2, -0.15) is 18.3 Å². The molecule has 4 aromatic rings. The Labute approximate surface area is 211 Å². The van der Waals surface area contributed by atoms with Crippen LogP contribution in [0.1, 0.15) is 34.5 Å². The first-order valence-corrected chi connectivity index (χ1v) is 11.8. The standard InChI is InChI=1S/C22H20F4N8S.CH4.2H2/c1-12-6-17(32-31-12)28-16-7-19(34-10-21(23,11-34)13-2-3-13)30-20(29-16)35-14-4-5-18-27-15(22(24,25)26)9-33(18)8-14;;;/h4-9,13H,2-3,10-11H2,1H3,(H2,28,29,30,31,32);1H4;2*1H. The van der Waals surface area contributed by atoms with Crippen molar-refractivity contribution in [2.75, 3.05) is 23.3 Å². The topological polar surface area (TPSA) is 87.0 Å². The first-order chi connectivity index (χ1) is 16.6. The van der Waals surface area contributed by atoms with Gasteiger partial charge in [-0.05, 0) is 49.6 Å². The Morgan fingerprint density at radius 1 is 1.11 bits per heavy atom. The molecule has 13 heteroatoms. The highest BCUT2D eigenvalue weighted by Gasteiger charge is 2.54. The van der Waals surface area contributed by atoms with Gasteiger partial charge in [0.15, 0.2) is 16.7 Å². The molecular formula is C23H28F4N8S. The number of imidazole rings is 1. The van der Waals surface area contributed by atoms with Gasteiger partial charge in [0.05, 0.1) is 13.1 Å². The van der Waals surface area contributed by atoms with Gasteiger partial charge < -0.3 is 14.6 Å². The summed E-state index contributed by atoms with van der Waals surface area (Å²) in [5.74, 6) is 1.76. The Morgan fingerprint density at radius 2 is 1.89 bits per heavy atom. The lowest BCUT2D eigenvalue weighted by Gasteiger charge is -2.45. The molecule has 2 fully saturated rings. The van der Waals surface area contributed by atoms with Crippen LogP contribution in [0.3, 0.4) is 0 Å². The summed E-state index contributed by atoms with van der Waals surface area (Å²) >= 11 is 1.19. The maximum atomic E-state index is 15.0. The molecule has 5 heterocycles. The highest BCUT2D eigenvalue weighted by atomic mass is 32.2. The maximum absolute atomic E-state index is 15.0. The number of nitrogens with one attached hydrogen (secondary N) is 2. The Balaban J connectivity index is 0.00000133. The van der Waals surface area contributed by atoms with E-state index < -0.39 is 17.5 Å². The van der Waals surface area contributed by atoms with Crippen LogP contribution in [0.5, 0.6) is 0 Å². The third kappa shape index (κ3) is 4.71. The predicted molar refractivity (Wildman–Crippen MR) is 133 cm³/mol. The quantitative estimate of drug-likeness (QED) is 0.232. The Kier molecular flexibility index (Phi) is 5.85. The van der Waals surface area contributed by atoms with Crippen molar-refractivity contribution in [2.45, 2.75) is 49.1 Å². The van der Waals surface area contributed by atoms with Crippen molar-refractivity contribution in [2.24, 2.45) is 5.92 Å². The molecule has 2 N–H and O–H groups in total. The van der Waals surface area contributed by atoms with Crippen molar-refractivity contribution in [3.8, 4) is 0 Å². The van der Waals surface area contributed by atoms with E-state index in [2.05, 4.69) is 30.5 Å². The van der Waals surface area contributed by atoms with Crippen molar-refractivity contribution in [1.82, 2.24) is 29.5 Å². The number of H-pyrrole nitrogens is 1. The second kappa shape index (κ2) is 8.64. The summed E-state index contributed by atoms with van der Waals surface area (Å²) in [7, 11) is 0. The SMILES string of the molecule is C.Cc1cc(Nc2cc(N3CC(F)(C4CC4)C3)nc(Sc3ccc4nc(C(F)(F)F)cn4c3)n2)n[nH]1.[HH].[HH]. The molecule has 1 aliphatic carbocycles. The maximum Gasteiger partial charge on any atom is 0.434 e. The normalized spacial score (nSPS) is 17.1. The fourth-order valence-electron chi connectivity index (χ4n) is 4.18. The van der Waals surface area contributed by atoms with E-state index in [1.807, 2.05) is 17.9 Å². The van der Waals surface area contributed by atoms with Crippen LogP contribution in [-0.2, 0) is 6.18 Å². The van der Waals surface area contributed by atoms with Crippen molar-refractivity contribution >= 4 is 34.9 Å². The lowest BCUT2D eigenvalue weighted by molar-refractivity contribution is -0.140. The highest BCUT2D eigenvalue weighted by molar-refractivity contribution is 7.99. The number of anilines is 3. The summed E-state index contributed by atoms with van der Waals surface area (Å²) in [6.45, 7) is 2.43. The average Bonchev–Trinajstić information content (AvgIpc) is 3.41. The number of pyridine rings is 1. The number of nitrogens with zero attached hydrogens (tertiary/aromatic N) is 6. The van der Waals surface area contributed by atoms with Gasteiger partial charge in [-0.3, -0.25) is 5.10 Å². The van der Waals surface area contributed by atoms with E-state index >= 15 is 0 Å². The number of aryl methyl sites for hydroxylation is 1. The van der Waals surface area contributed by atoms with E-state index in [0.717, 1.165) is 24.7 Å². The predicted octanol–water partition coefficient (Wildman–Crippen LogP) is 6.14. The van der Waals surface area contributed by atoms with Gasteiger partial charge in [-0.15, -0.1) is 0 Å². The van der Waals surface area contributed by atoms with Crippen LogP contribution in [-0.4, -0.2) is 48.3 Å². The average molecular weight is 525 g/mol. The molecule has 0 unspecified atom stereocenters. The van der Waals surface area contributed by atoms with Crippen LogP contribution in [0, 0.1) is 12.8 Å². The zero-order chi connectivity index (χ0) is 24.4. The molecule has 36 heavy (non-hydrogen) atoms. The van der Waals surface area contributed by atoms with Crippen molar-refractivity contribution in [1.29, 1.82) is 0 Å². The van der Waals surface area contributed by atoms with Crippen molar-refractivity contribution in [3.63, 3.8) is 0 Å². The Hall–Kier alpha value is -3.35. The van der Waals surface area contributed by atoms with Gasteiger partial charge in [0.25, 0.3) is 0 Å². The first-order valence-electron chi connectivity index (χ1n) is 11.0. The fourth-order valence-corrected chi connectivity index (χ4v) is 4.98. The van der Waals surface area contributed by atoms with Crippen LogP contribution < -0.4 is 10.2 Å². The van der Waals surface area contributed by atoms with E-state index in [4.69, 9.17) is 0 Å². The van der Waals surface area contributed by atoms with Crippen LogP contribution >= 0.6 is 11.8 Å². The number of rotatable bonds is 6. The molecule has 6 rings (SSSR count).